The molecule has 0 saturated carbocycles. The Bertz CT molecular complexity index is 962. The number of hydrogen-bond acceptors (Lipinski definition) is 6. The lowest BCUT2D eigenvalue weighted by molar-refractivity contribution is -0.185. The van der Waals surface area contributed by atoms with Crippen LogP contribution in [-0.4, -0.2) is 50.2 Å². The molecule has 0 aromatic heterocycles. The summed E-state index contributed by atoms with van der Waals surface area (Å²) in [4.78, 5) is 8.81. The first-order valence-electron chi connectivity index (χ1n) is 11.0. The van der Waals surface area contributed by atoms with Crippen molar-refractivity contribution in [1.82, 2.24) is 5.01 Å². The van der Waals surface area contributed by atoms with E-state index in [2.05, 4.69) is 12.1 Å². The summed E-state index contributed by atoms with van der Waals surface area (Å²) in [6.45, 7) is 3.42. The summed E-state index contributed by atoms with van der Waals surface area (Å²) in [7, 11) is 2.00. The molecule has 1 fully saturated rings. The van der Waals surface area contributed by atoms with Crippen LogP contribution in [0, 0.1) is 11.7 Å². The Hall–Kier alpha value is -2.77. The Morgan fingerprint density at radius 2 is 1.88 bits per heavy atom. The van der Waals surface area contributed by atoms with Crippen LogP contribution in [0.4, 0.5) is 4.39 Å². The normalized spacial score (nSPS) is 23.7. The molecule has 2 aromatic rings. The number of rotatable bonds is 4. The number of carbonyl (C=O) groups is 1. The van der Waals surface area contributed by atoms with E-state index in [0.29, 0.717) is 12.4 Å². The minimum absolute atomic E-state index is 0. The van der Waals surface area contributed by atoms with Crippen LogP contribution in [-0.2, 0) is 19.8 Å². The Morgan fingerprint density at radius 3 is 2.58 bits per heavy atom. The van der Waals surface area contributed by atoms with Crippen LogP contribution < -0.4 is 4.74 Å². The zero-order chi connectivity index (χ0) is 22.6. The molecule has 3 heterocycles. The van der Waals surface area contributed by atoms with E-state index in [1.807, 2.05) is 30.3 Å². The molecule has 3 aliphatic rings. The molecule has 7 heteroatoms. The molecule has 0 amide bonds. The van der Waals surface area contributed by atoms with Crippen molar-refractivity contribution in [2.75, 3.05) is 26.9 Å². The fraction of sp³-hybridized carbons (Fsp3) is 0.462. The molecule has 0 radical (unpaired) electrons. The predicted octanol–water partition coefficient (Wildman–Crippen LogP) is 4.76. The molecule has 2 unspecified atom stereocenters. The molecule has 0 N–H and O–H groups in total. The number of hydrazone groups is 1. The van der Waals surface area contributed by atoms with Crippen LogP contribution in [0.1, 0.15) is 44.7 Å². The van der Waals surface area contributed by atoms with Gasteiger partial charge in [-0.3, -0.25) is 5.01 Å². The van der Waals surface area contributed by atoms with Crippen molar-refractivity contribution in [2.24, 2.45) is 11.0 Å². The zero-order valence-corrected chi connectivity index (χ0v) is 18.5. The molecule has 0 spiro atoms. The van der Waals surface area contributed by atoms with Gasteiger partial charge < -0.3 is 19.0 Å². The Kier molecular flexibility index (Phi) is 8.21. The molecule has 0 bridgehead atoms. The highest BCUT2D eigenvalue weighted by Gasteiger charge is 2.53. The van der Waals surface area contributed by atoms with Gasteiger partial charge in [0.05, 0.1) is 37.0 Å². The number of fused-ring (bicyclic) bond motifs is 3. The minimum atomic E-state index is -0.398. The van der Waals surface area contributed by atoms with Crippen molar-refractivity contribution in [3.63, 3.8) is 0 Å². The van der Waals surface area contributed by atoms with Gasteiger partial charge >= 0.3 is 0 Å². The van der Waals surface area contributed by atoms with E-state index < -0.39 is 5.54 Å². The predicted molar refractivity (Wildman–Crippen MR) is 126 cm³/mol. The third-order valence-electron chi connectivity index (χ3n) is 6.30. The van der Waals surface area contributed by atoms with Gasteiger partial charge in [-0.15, -0.1) is 0 Å². The molecular formula is C26H33FN2O4. The van der Waals surface area contributed by atoms with E-state index in [1.54, 1.807) is 6.07 Å². The standard InChI is InChI=1S/C23H25FN2O3.C2H4O.CH4/c1-26-23(16-6-3-2-4-7-16,11-10-21-27-12-5-13-28-21)19-15-29-20-9-8-17(24)14-18(20)22(19)25-26;1-2-3;/h2-4,6-9,14,19,21H,5,10-13,15H2,1H3;2H,1H3;1H4. The summed E-state index contributed by atoms with van der Waals surface area (Å²) in [5.41, 5.74) is 2.41. The van der Waals surface area contributed by atoms with Gasteiger partial charge in [-0.1, -0.05) is 37.8 Å². The van der Waals surface area contributed by atoms with E-state index in [-0.39, 0.29) is 25.5 Å². The van der Waals surface area contributed by atoms with Crippen molar-refractivity contribution in [1.29, 1.82) is 0 Å². The van der Waals surface area contributed by atoms with Crippen LogP contribution in [0.2, 0.25) is 0 Å². The number of halogens is 1. The quantitative estimate of drug-likeness (QED) is 0.621. The lowest BCUT2D eigenvalue weighted by Gasteiger charge is -2.43. The average molecular weight is 457 g/mol. The topological polar surface area (TPSA) is 60.4 Å². The second-order valence-corrected chi connectivity index (χ2v) is 8.10. The van der Waals surface area contributed by atoms with Gasteiger partial charge in [0.1, 0.15) is 17.9 Å². The van der Waals surface area contributed by atoms with E-state index in [4.69, 9.17) is 24.1 Å². The van der Waals surface area contributed by atoms with Gasteiger partial charge in [-0.05, 0) is 43.5 Å². The highest BCUT2D eigenvalue weighted by atomic mass is 19.1. The van der Waals surface area contributed by atoms with Crippen molar-refractivity contribution in [3.8, 4) is 5.75 Å². The number of ether oxygens (including phenoxy) is 3. The van der Waals surface area contributed by atoms with E-state index in [9.17, 15) is 4.39 Å². The molecule has 0 aliphatic carbocycles. The van der Waals surface area contributed by atoms with Gasteiger partial charge in [0.2, 0.25) is 0 Å². The second-order valence-electron chi connectivity index (χ2n) is 8.10. The number of aldehydes is 1. The molecule has 2 atom stereocenters. The van der Waals surface area contributed by atoms with E-state index in [0.717, 1.165) is 50.0 Å². The third kappa shape index (κ3) is 4.80. The Morgan fingerprint density at radius 1 is 1.18 bits per heavy atom. The second kappa shape index (κ2) is 10.9. The average Bonchev–Trinajstić information content (AvgIpc) is 3.12. The molecular weight excluding hydrogens is 423 g/mol. The largest absolute Gasteiger partial charge is 0.492 e. The molecule has 2 aromatic carbocycles. The first-order chi connectivity index (χ1) is 15.6. The maximum Gasteiger partial charge on any atom is 0.157 e. The van der Waals surface area contributed by atoms with Gasteiger partial charge in [0.25, 0.3) is 0 Å². The van der Waals surface area contributed by atoms with Crippen molar-refractivity contribution in [2.45, 2.75) is 45.4 Å². The first-order valence-corrected chi connectivity index (χ1v) is 11.0. The number of nitrogens with zero attached hydrogens (tertiary/aromatic N) is 2. The molecule has 1 saturated heterocycles. The van der Waals surface area contributed by atoms with Gasteiger partial charge in [0, 0.05) is 19.0 Å². The molecule has 5 rings (SSSR count). The first kappa shape index (κ1) is 24.9. The summed E-state index contributed by atoms with van der Waals surface area (Å²) in [5.74, 6) is 0.407. The summed E-state index contributed by atoms with van der Waals surface area (Å²) < 4.78 is 31.7. The summed E-state index contributed by atoms with van der Waals surface area (Å²) in [6.07, 6.45) is 3.04. The van der Waals surface area contributed by atoms with Crippen LogP contribution in [0.5, 0.6) is 5.75 Å². The number of carbonyl (C=O) groups excluding carboxylic acids is 1. The maximum absolute atomic E-state index is 14.0. The van der Waals surface area contributed by atoms with Crippen molar-refractivity contribution >= 4 is 12.0 Å². The molecule has 178 valence electrons. The smallest absolute Gasteiger partial charge is 0.157 e. The van der Waals surface area contributed by atoms with E-state index >= 15 is 0 Å². The summed E-state index contributed by atoms with van der Waals surface area (Å²) in [5, 5.41) is 6.94. The fourth-order valence-electron chi connectivity index (χ4n) is 4.87. The summed E-state index contributed by atoms with van der Waals surface area (Å²) >= 11 is 0. The zero-order valence-electron chi connectivity index (χ0n) is 18.5. The number of hydrogen-bond donors (Lipinski definition) is 0. The van der Waals surface area contributed by atoms with Crippen LogP contribution in [0.25, 0.3) is 0 Å². The maximum atomic E-state index is 14.0. The monoisotopic (exact) mass is 456 g/mol. The van der Waals surface area contributed by atoms with Crippen LogP contribution >= 0.6 is 0 Å². The van der Waals surface area contributed by atoms with Crippen molar-refractivity contribution in [3.05, 3.63) is 65.5 Å². The molecule has 6 nitrogen and oxygen atoms in total. The lowest BCUT2D eigenvalue weighted by atomic mass is 9.71. The fourth-order valence-corrected chi connectivity index (χ4v) is 4.87. The Balaban J connectivity index is 0.000000728. The van der Waals surface area contributed by atoms with Crippen LogP contribution in [0.15, 0.2) is 53.6 Å². The third-order valence-corrected chi connectivity index (χ3v) is 6.30. The van der Waals surface area contributed by atoms with E-state index in [1.165, 1.54) is 24.6 Å². The molecule has 33 heavy (non-hydrogen) atoms. The van der Waals surface area contributed by atoms with Crippen LogP contribution in [0.3, 0.4) is 0 Å². The summed E-state index contributed by atoms with van der Waals surface area (Å²) in [6, 6.07) is 15.0. The SMILES string of the molecule is C.CC=O.CN1N=C2c3cc(F)ccc3OCC2C1(CCC1OCCCO1)c1ccccc1. The lowest BCUT2D eigenvalue weighted by Crippen LogP contribution is -2.48. The Labute approximate surface area is 195 Å². The van der Waals surface area contributed by atoms with Gasteiger partial charge in [-0.2, -0.15) is 5.10 Å². The number of benzene rings is 2. The molecule has 3 aliphatic heterocycles. The highest BCUT2D eigenvalue weighted by Crippen LogP contribution is 2.49. The highest BCUT2D eigenvalue weighted by molar-refractivity contribution is 6.07. The van der Waals surface area contributed by atoms with Gasteiger partial charge in [-0.25, -0.2) is 4.39 Å². The minimum Gasteiger partial charge on any atom is -0.492 e. The van der Waals surface area contributed by atoms with Crippen molar-refractivity contribution < 1.29 is 23.4 Å². The van der Waals surface area contributed by atoms with Gasteiger partial charge in [0.15, 0.2) is 6.29 Å².